The van der Waals surface area contributed by atoms with E-state index in [0.717, 1.165) is 31.8 Å². The summed E-state index contributed by atoms with van der Waals surface area (Å²) in [5.74, 6) is 1.41. The van der Waals surface area contributed by atoms with Crippen molar-refractivity contribution in [2.45, 2.75) is 66.7 Å². The summed E-state index contributed by atoms with van der Waals surface area (Å²) < 4.78 is 0. The zero-order valence-electron chi connectivity index (χ0n) is 14.0. The summed E-state index contributed by atoms with van der Waals surface area (Å²) in [6, 6.07) is 0. The van der Waals surface area contributed by atoms with E-state index in [0.29, 0.717) is 0 Å². The molecule has 2 N–H and O–H groups in total. The normalized spacial score (nSPS) is 21.4. The molecule has 0 aromatic carbocycles. The van der Waals surface area contributed by atoms with Gasteiger partial charge >= 0.3 is 0 Å². The summed E-state index contributed by atoms with van der Waals surface area (Å²) in [5.41, 5.74) is 0. The lowest BCUT2D eigenvalue weighted by Crippen LogP contribution is -2.36. The second-order valence-electron chi connectivity index (χ2n) is 4.52. The minimum absolute atomic E-state index is 0.264. The van der Waals surface area contributed by atoms with E-state index in [1.54, 1.807) is 0 Å². The third-order valence-electron chi connectivity index (χ3n) is 3.47. The standard InChI is InChI=1S/C12H24N2O.2C2H6/c1-3-10-4-6-11(7-5-10)12(15)14-9-8-13-2;2*1-2/h10-11,13H,3-9H2,1-2H3,(H,14,15);2*1-2H3. The Morgan fingerprint density at radius 1 is 1.00 bits per heavy atom. The molecule has 1 aliphatic rings. The molecule has 0 spiro atoms. The molecule has 1 aliphatic carbocycles. The molecule has 0 aromatic heterocycles. The Bertz CT molecular complexity index is 187. The number of carbonyl (C=O) groups excluding carboxylic acids is 1. The van der Waals surface area contributed by atoms with Crippen LogP contribution >= 0.6 is 0 Å². The first-order valence-electron chi connectivity index (χ1n) is 8.20. The highest BCUT2D eigenvalue weighted by atomic mass is 16.1. The van der Waals surface area contributed by atoms with Gasteiger partial charge in [0.1, 0.15) is 0 Å². The maximum Gasteiger partial charge on any atom is 0.223 e. The summed E-state index contributed by atoms with van der Waals surface area (Å²) in [5, 5.41) is 6.01. The van der Waals surface area contributed by atoms with Crippen molar-refractivity contribution in [3.8, 4) is 0 Å². The molecule has 1 saturated carbocycles. The fourth-order valence-corrected chi connectivity index (χ4v) is 2.29. The summed E-state index contributed by atoms with van der Waals surface area (Å²) in [6.07, 6.45) is 5.92. The Labute approximate surface area is 120 Å². The van der Waals surface area contributed by atoms with Crippen LogP contribution in [-0.4, -0.2) is 26.0 Å². The lowest BCUT2D eigenvalue weighted by atomic mass is 9.80. The molecule has 0 radical (unpaired) electrons. The second-order valence-corrected chi connectivity index (χ2v) is 4.52. The van der Waals surface area contributed by atoms with Crippen LogP contribution in [0.2, 0.25) is 0 Å². The van der Waals surface area contributed by atoms with E-state index in [9.17, 15) is 4.79 Å². The van der Waals surface area contributed by atoms with E-state index in [1.807, 2.05) is 34.7 Å². The van der Waals surface area contributed by atoms with E-state index in [1.165, 1.54) is 19.3 Å². The molecule has 116 valence electrons. The largest absolute Gasteiger partial charge is 0.355 e. The first-order chi connectivity index (χ1) is 9.27. The Balaban J connectivity index is 0. The number of hydrogen-bond donors (Lipinski definition) is 2. The number of rotatable bonds is 5. The zero-order valence-corrected chi connectivity index (χ0v) is 14.0. The quantitative estimate of drug-likeness (QED) is 0.751. The molecule has 0 atom stereocenters. The second kappa shape index (κ2) is 15.5. The minimum Gasteiger partial charge on any atom is -0.355 e. The molecule has 0 saturated heterocycles. The number of hydrogen-bond acceptors (Lipinski definition) is 2. The van der Waals surface area contributed by atoms with Gasteiger partial charge in [-0.2, -0.15) is 0 Å². The molecule has 1 fully saturated rings. The lowest BCUT2D eigenvalue weighted by Gasteiger charge is -2.26. The van der Waals surface area contributed by atoms with Gasteiger partial charge < -0.3 is 10.6 Å². The van der Waals surface area contributed by atoms with Crippen LogP contribution in [0.5, 0.6) is 0 Å². The van der Waals surface area contributed by atoms with E-state index < -0.39 is 0 Å². The minimum atomic E-state index is 0.264. The van der Waals surface area contributed by atoms with E-state index >= 15 is 0 Å². The highest BCUT2D eigenvalue weighted by molar-refractivity contribution is 5.78. The summed E-state index contributed by atoms with van der Waals surface area (Å²) >= 11 is 0. The molecule has 0 unspecified atom stereocenters. The van der Waals surface area contributed by atoms with Crippen molar-refractivity contribution in [2.24, 2.45) is 11.8 Å². The molecule has 3 nitrogen and oxygen atoms in total. The molecule has 3 heteroatoms. The molecule has 0 heterocycles. The van der Waals surface area contributed by atoms with Crippen molar-refractivity contribution < 1.29 is 4.79 Å². The number of amides is 1. The van der Waals surface area contributed by atoms with Crippen molar-refractivity contribution in [2.75, 3.05) is 20.1 Å². The third kappa shape index (κ3) is 9.94. The lowest BCUT2D eigenvalue weighted by molar-refractivity contribution is -0.126. The molecule has 0 aliphatic heterocycles. The molecule has 1 rings (SSSR count). The number of likely N-dealkylation sites (N-methyl/N-ethyl adjacent to an activating group) is 1. The summed E-state index contributed by atoms with van der Waals surface area (Å²) in [6.45, 7) is 11.9. The topological polar surface area (TPSA) is 41.1 Å². The van der Waals surface area contributed by atoms with Crippen molar-refractivity contribution in [1.29, 1.82) is 0 Å². The van der Waals surface area contributed by atoms with Crippen LogP contribution in [0.3, 0.4) is 0 Å². The predicted octanol–water partition coefficient (Wildman–Crippen LogP) is 3.59. The average molecular weight is 272 g/mol. The van der Waals surface area contributed by atoms with Gasteiger partial charge in [-0.3, -0.25) is 4.79 Å². The fraction of sp³-hybridized carbons (Fsp3) is 0.938. The van der Waals surface area contributed by atoms with Gasteiger partial charge in [-0.15, -0.1) is 0 Å². The van der Waals surface area contributed by atoms with Gasteiger partial charge in [0.25, 0.3) is 0 Å². The van der Waals surface area contributed by atoms with Crippen molar-refractivity contribution >= 4 is 5.91 Å². The monoisotopic (exact) mass is 272 g/mol. The molecular formula is C16H36N2O. The molecular weight excluding hydrogens is 236 g/mol. The molecule has 0 aromatic rings. The van der Waals surface area contributed by atoms with Crippen LogP contribution in [0.1, 0.15) is 66.7 Å². The van der Waals surface area contributed by atoms with Gasteiger partial charge in [0.15, 0.2) is 0 Å². The van der Waals surface area contributed by atoms with Gasteiger partial charge in [-0.1, -0.05) is 41.0 Å². The molecule has 19 heavy (non-hydrogen) atoms. The number of carbonyl (C=O) groups is 1. The van der Waals surface area contributed by atoms with Crippen LogP contribution in [-0.2, 0) is 4.79 Å². The Kier molecular flexibility index (Phi) is 16.9. The Morgan fingerprint density at radius 2 is 1.53 bits per heavy atom. The van der Waals surface area contributed by atoms with Gasteiger partial charge in [-0.25, -0.2) is 0 Å². The summed E-state index contributed by atoms with van der Waals surface area (Å²) in [4.78, 5) is 11.7. The smallest absolute Gasteiger partial charge is 0.223 e. The molecule has 0 bridgehead atoms. The highest BCUT2D eigenvalue weighted by Crippen LogP contribution is 2.30. The third-order valence-corrected chi connectivity index (χ3v) is 3.47. The predicted molar refractivity (Wildman–Crippen MR) is 85.4 cm³/mol. The summed E-state index contributed by atoms with van der Waals surface area (Å²) in [7, 11) is 1.90. The van der Waals surface area contributed by atoms with E-state index in [-0.39, 0.29) is 11.8 Å². The van der Waals surface area contributed by atoms with Crippen LogP contribution in [0, 0.1) is 11.8 Å². The number of nitrogens with one attached hydrogen (secondary N) is 2. The van der Waals surface area contributed by atoms with Crippen molar-refractivity contribution in [3.05, 3.63) is 0 Å². The average Bonchev–Trinajstić information content (AvgIpc) is 2.51. The maximum atomic E-state index is 11.7. The van der Waals surface area contributed by atoms with E-state index in [4.69, 9.17) is 0 Å². The van der Waals surface area contributed by atoms with Gasteiger partial charge in [0.05, 0.1) is 0 Å². The van der Waals surface area contributed by atoms with E-state index in [2.05, 4.69) is 17.6 Å². The van der Waals surface area contributed by atoms with Crippen molar-refractivity contribution in [3.63, 3.8) is 0 Å². The highest BCUT2D eigenvalue weighted by Gasteiger charge is 2.24. The van der Waals surface area contributed by atoms with Gasteiger partial charge in [0, 0.05) is 19.0 Å². The first kappa shape index (κ1) is 20.7. The zero-order chi connectivity index (χ0) is 15.1. The maximum absolute atomic E-state index is 11.7. The first-order valence-corrected chi connectivity index (χ1v) is 8.20. The van der Waals surface area contributed by atoms with Crippen LogP contribution < -0.4 is 10.6 Å². The Morgan fingerprint density at radius 3 is 1.95 bits per heavy atom. The Hall–Kier alpha value is -0.570. The van der Waals surface area contributed by atoms with Crippen LogP contribution in [0.4, 0.5) is 0 Å². The fourth-order valence-electron chi connectivity index (χ4n) is 2.29. The van der Waals surface area contributed by atoms with Gasteiger partial charge in [0.2, 0.25) is 5.91 Å². The van der Waals surface area contributed by atoms with Crippen LogP contribution in [0.25, 0.3) is 0 Å². The van der Waals surface area contributed by atoms with Crippen LogP contribution in [0.15, 0.2) is 0 Å². The SMILES string of the molecule is CC.CC.CCC1CCC(C(=O)NCCNC)CC1. The van der Waals surface area contributed by atoms with Gasteiger partial charge in [-0.05, 0) is 38.6 Å². The van der Waals surface area contributed by atoms with Crippen molar-refractivity contribution in [1.82, 2.24) is 10.6 Å². The molecule has 1 amide bonds.